The first-order chi connectivity index (χ1) is 10.3. The molecular formula is C14H20N4O4. The van der Waals surface area contributed by atoms with E-state index >= 15 is 0 Å². The van der Waals surface area contributed by atoms with E-state index in [1.165, 1.54) is 18.2 Å². The van der Waals surface area contributed by atoms with Gasteiger partial charge < -0.3 is 11.1 Å². The van der Waals surface area contributed by atoms with Gasteiger partial charge in [0.15, 0.2) is 0 Å². The number of rotatable bonds is 8. The fourth-order valence-electron chi connectivity index (χ4n) is 1.89. The summed E-state index contributed by atoms with van der Waals surface area (Å²) in [5.74, 6) is -0.733. The number of carbonyl (C=O) groups is 2. The minimum absolute atomic E-state index is 0.0816. The van der Waals surface area contributed by atoms with Crippen molar-refractivity contribution in [1.82, 2.24) is 4.90 Å². The number of hydrogen-bond acceptors (Lipinski definition) is 5. The Bertz CT molecular complexity index is 560. The molecule has 0 spiro atoms. The van der Waals surface area contributed by atoms with E-state index in [1.54, 1.807) is 11.0 Å². The second-order valence-electron chi connectivity index (χ2n) is 5.14. The molecule has 0 aliphatic carbocycles. The van der Waals surface area contributed by atoms with Crippen molar-refractivity contribution < 1.29 is 14.5 Å². The third kappa shape index (κ3) is 5.88. The molecule has 120 valence electrons. The minimum atomic E-state index is -0.525. The first kappa shape index (κ1) is 17.6. The van der Waals surface area contributed by atoms with Crippen LogP contribution in [-0.4, -0.2) is 40.8 Å². The summed E-state index contributed by atoms with van der Waals surface area (Å²) in [6, 6.07) is 5.80. The summed E-state index contributed by atoms with van der Waals surface area (Å²) in [7, 11) is 0. The maximum atomic E-state index is 11.9. The van der Waals surface area contributed by atoms with Crippen molar-refractivity contribution in [2.24, 2.45) is 5.73 Å². The number of hydrogen-bond donors (Lipinski definition) is 2. The van der Waals surface area contributed by atoms with Crippen LogP contribution < -0.4 is 11.1 Å². The van der Waals surface area contributed by atoms with Crippen molar-refractivity contribution in [2.45, 2.75) is 26.3 Å². The topological polar surface area (TPSA) is 119 Å². The molecule has 0 aromatic heterocycles. The van der Waals surface area contributed by atoms with E-state index in [9.17, 15) is 19.7 Å². The number of nitro benzene ring substituents is 1. The molecule has 1 rings (SSSR count). The third-order valence-corrected chi connectivity index (χ3v) is 3.06. The molecule has 0 radical (unpaired) electrons. The van der Waals surface area contributed by atoms with Crippen molar-refractivity contribution in [3.05, 3.63) is 34.4 Å². The average Bonchev–Trinajstić information content (AvgIpc) is 2.43. The number of anilines is 1. The van der Waals surface area contributed by atoms with Gasteiger partial charge in [-0.25, -0.2) is 0 Å². The highest BCUT2D eigenvalue weighted by molar-refractivity contribution is 5.91. The lowest BCUT2D eigenvalue weighted by atomic mass is 10.2. The smallest absolute Gasteiger partial charge is 0.271 e. The Kier molecular flexibility index (Phi) is 6.46. The zero-order valence-electron chi connectivity index (χ0n) is 12.6. The van der Waals surface area contributed by atoms with E-state index in [0.717, 1.165) is 0 Å². The van der Waals surface area contributed by atoms with Crippen molar-refractivity contribution in [3.63, 3.8) is 0 Å². The Hall–Kier alpha value is -2.48. The Labute approximate surface area is 128 Å². The number of nitrogens with zero attached hydrogens (tertiary/aromatic N) is 2. The molecule has 1 aromatic rings. The Morgan fingerprint density at radius 3 is 2.64 bits per heavy atom. The molecule has 0 saturated carbocycles. The molecule has 1 aromatic carbocycles. The molecule has 0 unspecified atom stereocenters. The number of benzene rings is 1. The highest BCUT2D eigenvalue weighted by Crippen LogP contribution is 2.17. The molecule has 0 fully saturated rings. The van der Waals surface area contributed by atoms with E-state index in [4.69, 9.17) is 5.73 Å². The predicted molar refractivity (Wildman–Crippen MR) is 82.2 cm³/mol. The van der Waals surface area contributed by atoms with Gasteiger partial charge in [0.1, 0.15) is 0 Å². The molecule has 0 heterocycles. The van der Waals surface area contributed by atoms with Gasteiger partial charge in [-0.15, -0.1) is 0 Å². The number of nitrogens with two attached hydrogens (primary N) is 1. The lowest BCUT2D eigenvalue weighted by Crippen LogP contribution is -2.40. The highest BCUT2D eigenvalue weighted by Gasteiger charge is 2.14. The van der Waals surface area contributed by atoms with Crippen LogP contribution in [0.2, 0.25) is 0 Å². The van der Waals surface area contributed by atoms with Crippen LogP contribution in [0.5, 0.6) is 0 Å². The summed E-state index contributed by atoms with van der Waals surface area (Å²) in [6.07, 6.45) is 0.161. The summed E-state index contributed by atoms with van der Waals surface area (Å²) >= 11 is 0. The molecule has 0 atom stereocenters. The first-order valence-electron chi connectivity index (χ1n) is 6.86. The molecule has 0 aliphatic rings. The predicted octanol–water partition coefficient (Wildman–Crippen LogP) is 1.12. The molecule has 8 heteroatoms. The van der Waals surface area contributed by atoms with Crippen LogP contribution >= 0.6 is 0 Å². The summed E-state index contributed by atoms with van der Waals surface area (Å²) in [6.45, 7) is 4.27. The van der Waals surface area contributed by atoms with Crippen LogP contribution in [0.15, 0.2) is 24.3 Å². The third-order valence-electron chi connectivity index (χ3n) is 3.06. The van der Waals surface area contributed by atoms with Crippen molar-refractivity contribution in [3.8, 4) is 0 Å². The van der Waals surface area contributed by atoms with Gasteiger partial charge in [0, 0.05) is 36.8 Å². The highest BCUT2D eigenvalue weighted by atomic mass is 16.6. The van der Waals surface area contributed by atoms with Crippen molar-refractivity contribution >= 4 is 23.2 Å². The van der Waals surface area contributed by atoms with Crippen LogP contribution in [-0.2, 0) is 9.59 Å². The number of primary amides is 1. The standard InChI is InChI=1S/C14H20N4O4/c1-10(2)17(9-13(15)19)7-6-14(20)16-11-4-3-5-12(8-11)18(21)22/h3-5,8,10H,6-7,9H2,1-2H3,(H2,15,19)(H,16,20). The van der Waals surface area contributed by atoms with Crippen LogP contribution in [0, 0.1) is 10.1 Å². The first-order valence-corrected chi connectivity index (χ1v) is 6.86. The number of nitrogens with one attached hydrogen (secondary N) is 1. The molecule has 22 heavy (non-hydrogen) atoms. The van der Waals surface area contributed by atoms with Gasteiger partial charge in [0.25, 0.3) is 5.69 Å². The molecule has 0 aliphatic heterocycles. The van der Waals surface area contributed by atoms with Gasteiger partial charge >= 0.3 is 0 Å². The largest absolute Gasteiger partial charge is 0.369 e. The van der Waals surface area contributed by atoms with Gasteiger partial charge in [-0.3, -0.25) is 24.6 Å². The Balaban J connectivity index is 2.57. The summed E-state index contributed by atoms with van der Waals surface area (Å²) in [4.78, 5) is 34.8. The molecule has 0 saturated heterocycles. The minimum Gasteiger partial charge on any atom is -0.369 e. The second kappa shape index (κ2) is 8.08. The van der Waals surface area contributed by atoms with Gasteiger partial charge in [0.05, 0.1) is 11.5 Å². The average molecular weight is 308 g/mol. The maximum absolute atomic E-state index is 11.9. The van der Waals surface area contributed by atoms with E-state index in [1.807, 2.05) is 13.8 Å². The molecule has 0 bridgehead atoms. The van der Waals surface area contributed by atoms with E-state index in [-0.39, 0.29) is 30.6 Å². The fourth-order valence-corrected chi connectivity index (χ4v) is 1.89. The Morgan fingerprint density at radius 1 is 1.41 bits per heavy atom. The normalized spacial score (nSPS) is 10.7. The van der Waals surface area contributed by atoms with Crippen molar-refractivity contribution in [1.29, 1.82) is 0 Å². The van der Waals surface area contributed by atoms with Gasteiger partial charge in [-0.05, 0) is 19.9 Å². The second-order valence-corrected chi connectivity index (χ2v) is 5.14. The SMILES string of the molecule is CC(C)N(CCC(=O)Nc1cccc([N+](=O)[O-])c1)CC(N)=O. The molecular weight excluding hydrogens is 288 g/mol. The Morgan fingerprint density at radius 2 is 2.09 bits per heavy atom. The van der Waals surface area contributed by atoms with E-state index in [0.29, 0.717) is 12.2 Å². The number of non-ortho nitro benzene ring substituents is 1. The quantitative estimate of drug-likeness (QED) is 0.551. The zero-order valence-corrected chi connectivity index (χ0v) is 12.6. The lowest BCUT2D eigenvalue weighted by Gasteiger charge is -2.24. The maximum Gasteiger partial charge on any atom is 0.271 e. The van der Waals surface area contributed by atoms with Crippen LogP contribution in [0.1, 0.15) is 20.3 Å². The lowest BCUT2D eigenvalue weighted by molar-refractivity contribution is -0.384. The molecule has 2 amide bonds. The summed E-state index contributed by atoms with van der Waals surface area (Å²) < 4.78 is 0. The van der Waals surface area contributed by atoms with E-state index in [2.05, 4.69) is 5.32 Å². The van der Waals surface area contributed by atoms with Crippen molar-refractivity contribution in [2.75, 3.05) is 18.4 Å². The zero-order chi connectivity index (χ0) is 16.7. The van der Waals surface area contributed by atoms with Crippen LogP contribution in [0.4, 0.5) is 11.4 Å². The summed E-state index contributed by atoms with van der Waals surface area (Å²) in [5, 5.41) is 13.3. The number of carbonyl (C=O) groups excluding carboxylic acids is 2. The molecule has 8 nitrogen and oxygen atoms in total. The van der Waals surface area contributed by atoms with E-state index < -0.39 is 10.8 Å². The summed E-state index contributed by atoms with van der Waals surface area (Å²) in [5.41, 5.74) is 5.44. The van der Waals surface area contributed by atoms with Crippen LogP contribution in [0.25, 0.3) is 0 Å². The number of nitro groups is 1. The molecule has 3 N–H and O–H groups in total. The number of amides is 2. The van der Waals surface area contributed by atoms with Crippen LogP contribution in [0.3, 0.4) is 0 Å². The van der Waals surface area contributed by atoms with Gasteiger partial charge in [0.2, 0.25) is 11.8 Å². The van der Waals surface area contributed by atoms with Gasteiger partial charge in [-0.2, -0.15) is 0 Å². The fraction of sp³-hybridized carbons (Fsp3) is 0.429. The monoisotopic (exact) mass is 308 g/mol. The van der Waals surface area contributed by atoms with Gasteiger partial charge in [-0.1, -0.05) is 6.07 Å².